The van der Waals surface area contributed by atoms with E-state index in [0.29, 0.717) is 0 Å². The van der Waals surface area contributed by atoms with Gasteiger partial charge in [0.25, 0.3) is 0 Å². The van der Waals surface area contributed by atoms with Crippen molar-refractivity contribution in [2.24, 2.45) is 5.14 Å². The number of nitrogens with one attached hydrogen (secondary N) is 2. The number of hydrogen-bond donors (Lipinski definition) is 3. The van der Waals surface area contributed by atoms with E-state index in [9.17, 15) is 13.2 Å². The molecule has 0 radical (unpaired) electrons. The van der Waals surface area contributed by atoms with E-state index in [1.54, 1.807) is 12.1 Å². The molecule has 0 spiro atoms. The highest BCUT2D eigenvalue weighted by atomic mass is 32.2. The zero-order valence-corrected chi connectivity index (χ0v) is 12.8. The lowest BCUT2D eigenvalue weighted by atomic mass is 10.0. The molecule has 2 rings (SSSR count). The smallest absolute Gasteiger partial charge is 0.238 e. The largest absolute Gasteiger partial charge is 0.348 e. The quantitative estimate of drug-likeness (QED) is 0.760. The Morgan fingerprint density at radius 2 is 2.00 bits per heavy atom. The second-order valence-corrected chi connectivity index (χ2v) is 6.91. The van der Waals surface area contributed by atoms with Crippen LogP contribution in [0.4, 0.5) is 0 Å². The molecule has 1 amide bonds. The number of hydrogen-bond acceptors (Lipinski definition) is 4. The third kappa shape index (κ3) is 4.26. The SMILES string of the molecule is CC(NC(=O)C1CCCCN1)c1ccc(S(N)(=O)=O)cc1. The van der Waals surface area contributed by atoms with Crippen molar-refractivity contribution in [1.82, 2.24) is 10.6 Å². The van der Waals surface area contributed by atoms with Crippen molar-refractivity contribution < 1.29 is 13.2 Å². The first-order chi connectivity index (χ1) is 9.88. The summed E-state index contributed by atoms with van der Waals surface area (Å²) in [6.07, 6.45) is 3.01. The molecule has 116 valence electrons. The molecule has 0 aromatic heterocycles. The Morgan fingerprint density at radius 3 is 2.52 bits per heavy atom. The molecule has 2 unspecified atom stereocenters. The highest BCUT2D eigenvalue weighted by Gasteiger charge is 2.22. The molecular formula is C14H21N3O3S. The molecular weight excluding hydrogens is 290 g/mol. The van der Waals surface area contributed by atoms with E-state index in [2.05, 4.69) is 10.6 Å². The van der Waals surface area contributed by atoms with Gasteiger partial charge in [0.2, 0.25) is 15.9 Å². The van der Waals surface area contributed by atoms with Gasteiger partial charge in [-0.15, -0.1) is 0 Å². The van der Waals surface area contributed by atoms with E-state index in [1.165, 1.54) is 12.1 Å². The highest BCUT2D eigenvalue weighted by molar-refractivity contribution is 7.89. The number of rotatable bonds is 4. The zero-order valence-electron chi connectivity index (χ0n) is 12.0. The molecule has 21 heavy (non-hydrogen) atoms. The molecule has 4 N–H and O–H groups in total. The first-order valence-corrected chi connectivity index (χ1v) is 8.59. The Bertz CT molecular complexity index is 592. The van der Waals surface area contributed by atoms with Crippen LogP contribution in [-0.4, -0.2) is 26.9 Å². The number of nitrogens with two attached hydrogens (primary N) is 1. The van der Waals surface area contributed by atoms with Crippen LogP contribution in [0.2, 0.25) is 0 Å². The minimum absolute atomic E-state index is 0.0160. The summed E-state index contributed by atoms with van der Waals surface area (Å²) in [5.41, 5.74) is 0.839. The molecule has 1 heterocycles. The molecule has 1 aliphatic heterocycles. The maximum atomic E-state index is 12.1. The average Bonchev–Trinajstić information content (AvgIpc) is 2.47. The number of carbonyl (C=O) groups excluding carboxylic acids is 1. The predicted molar refractivity (Wildman–Crippen MR) is 80.0 cm³/mol. The van der Waals surface area contributed by atoms with Crippen molar-refractivity contribution in [3.8, 4) is 0 Å². The normalized spacial score (nSPS) is 20.8. The lowest BCUT2D eigenvalue weighted by molar-refractivity contribution is -0.124. The van der Waals surface area contributed by atoms with Gasteiger partial charge in [-0.2, -0.15) is 0 Å². The van der Waals surface area contributed by atoms with Gasteiger partial charge < -0.3 is 10.6 Å². The van der Waals surface area contributed by atoms with Crippen molar-refractivity contribution in [1.29, 1.82) is 0 Å². The molecule has 0 bridgehead atoms. The Labute approximate surface area is 125 Å². The van der Waals surface area contributed by atoms with Gasteiger partial charge in [-0.1, -0.05) is 18.6 Å². The van der Waals surface area contributed by atoms with E-state index in [-0.39, 0.29) is 22.9 Å². The fourth-order valence-corrected chi connectivity index (χ4v) is 2.93. The second-order valence-electron chi connectivity index (χ2n) is 5.35. The molecule has 6 nitrogen and oxygen atoms in total. The topological polar surface area (TPSA) is 101 Å². The van der Waals surface area contributed by atoms with Gasteiger partial charge in [-0.05, 0) is 44.0 Å². The molecule has 2 atom stereocenters. The monoisotopic (exact) mass is 311 g/mol. The van der Waals surface area contributed by atoms with Gasteiger partial charge in [0.05, 0.1) is 17.0 Å². The molecule has 7 heteroatoms. The van der Waals surface area contributed by atoms with Gasteiger partial charge in [-0.3, -0.25) is 4.79 Å². The van der Waals surface area contributed by atoms with Gasteiger partial charge in [0.1, 0.15) is 0 Å². The summed E-state index contributed by atoms with van der Waals surface area (Å²) in [4.78, 5) is 12.2. The number of piperidine rings is 1. The third-order valence-corrected chi connectivity index (χ3v) is 4.62. The van der Waals surface area contributed by atoms with E-state index in [1.807, 2.05) is 6.92 Å². The molecule has 1 aromatic rings. The van der Waals surface area contributed by atoms with Crippen LogP contribution in [0.1, 0.15) is 37.8 Å². The third-order valence-electron chi connectivity index (χ3n) is 3.69. The van der Waals surface area contributed by atoms with Crippen LogP contribution < -0.4 is 15.8 Å². The van der Waals surface area contributed by atoms with Crippen LogP contribution in [0.15, 0.2) is 29.2 Å². The summed E-state index contributed by atoms with van der Waals surface area (Å²) < 4.78 is 22.4. The van der Waals surface area contributed by atoms with E-state index in [0.717, 1.165) is 31.4 Å². The zero-order chi connectivity index (χ0) is 15.5. The van der Waals surface area contributed by atoms with Crippen LogP contribution in [-0.2, 0) is 14.8 Å². The summed E-state index contributed by atoms with van der Waals surface area (Å²) in [5, 5.41) is 11.2. The number of carbonyl (C=O) groups is 1. The van der Waals surface area contributed by atoms with Gasteiger partial charge in [0.15, 0.2) is 0 Å². The van der Waals surface area contributed by atoms with Crippen molar-refractivity contribution in [2.75, 3.05) is 6.54 Å². The number of sulfonamides is 1. The minimum Gasteiger partial charge on any atom is -0.348 e. The second kappa shape index (κ2) is 6.55. The molecule has 1 aliphatic rings. The van der Waals surface area contributed by atoms with Crippen LogP contribution >= 0.6 is 0 Å². The van der Waals surface area contributed by atoms with E-state index >= 15 is 0 Å². The van der Waals surface area contributed by atoms with E-state index in [4.69, 9.17) is 5.14 Å². The van der Waals surface area contributed by atoms with E-state index < -0.39 is 10.0 Å². The van der Waals surface area contributed by atoms with Crippen LogP contribution in [0.3, 0.4) is 0 Å². The fourth-order valence-electron chi connectivity index (χ4n) is 2.42. The van der Waals surface area contributed by atoms with Gasteiger partial charge in [0, 0.05) is 0 Å². The summed E-state index contributed by atoms with van der Waals surface area (Å²) in [6, 6.07) is 5.91. The van der Waals surface area contributed by atoms with Crippen molar-refractivity contribution in [3.05, 3.63) is 29.8 Å². The standard InChI is InChI=1S/C14H21N3O3S/c1-10(17-14(18)13-4-2-3-9-16-13)11-5-7-12(8-6-11)21(15,19)20/h5-8,10,13,16H,2-4,9H2,1H3,(H,17,18)(H2,15,19,20). The molecule has 1 saturated heterocycles. The number of benzene rings is 1. The Balaban J connectivity index is 1.99. The van der Waals surface area contributed by atoms with Crippen LogP contribution in [0.5, 0.6) is 0 Å². The Kier molecular flexibility index (Phi) is 4.97. The summed E-state index contributed by atoms with van der Waals surface area (Å²) in [7, 11) is -3.68. The van der Waals surface area contributed by atoms with Crippen LogP contribution in [0.25, 0.3) is 0 Å². The van der Waals surface area contributed by atoms with Gasteiger partial charge >= 0.3 is 0 Å². The average molecular weight is 311 g/mol. The molecule has 1 fully saturated rings. The Morgan fingerprint density at radius 1 is 1.33 bits per heavy atom. The first kappa shape index (κ1) is 15.9. The predicted octanol–water partition coefficient (Wildman–Crippen LogP) is 0.653. The van der Waals surface area contributed by atoms with Crippen LogP contribution in [0, 0.1) is 0 Å². The van der Waals surface area contributed by atoms with Crippen molar-refractivity contribution in [2.45, 2.75) is 43.2 Å². The Hall–Kier alpha value is -1.44. The van der Waals surface area contributed by atoms with Crippen molar-refractivity contribution >= 4 is 15.9 Å². The van der Waals surface area contributed by atoms with Crippen molar-refractivity contribution in [3.63, 3.8) is 0 Å². The number of primary sulfonamides is 1. The maximum absolute atomic E-state index is 12.1. The lowest BCUT2D eigenvalue weighted by Gasteiger charge is -2.24. The first-order valence-electron chi connectivity index (χ1n) is 7.04. The highest BCUT2D eigenvalue weighted by Crippen LogP contribution is 2.16. The van der Waals surface area contributed by atoms with Gasteiger partial charge in [-0.25, -0.2) is 13.6 Å². The fraction of sp³-hybridized carbons (Fsp3) is 0.500. The summed E-state index contributed by atoms with van der Waals surface area (Å²) in [6.45, 7) is 2.74. The molecule has 0 aliphatic carbocycles. The lowest BCUT2D eigenvalue weighted by Crippen LogP contribution is -2.47. The number of amides is 1. The minimum atomic E-state index is -3.68. The summed E-state index contributed by atoms with van der Waals surface area (Å²) >= 11 is 0. The maximum Gasteiger partial charge on any atom is 0.238 e. The summed E-state index contributed by atoms with van der Waals surface area (Å²) in [5.74, 6) is -0.0160. The molecule has 0 saturated carbocycles. The molecule has 1 aromatic carbocycles.